The fraction of sp³-hybridized carbons (Fsp3) is 1.00. The van der Waals surface area contributed by atoms with E-state index in [1.165, 1.54) is 51.7 Å². The van der Waals surface area contributed by atoms with Crippen molar-refractivity contribution < 1.29 is 0 Å². The van der Waals surface area contributed by atoms with E-state index in [4.69, 9.17) is 0 Å². The summed E-state index contributed by atoms with van der Waals surface area (Å²) in [5.74, 6) is 0.991. The molecular formula is C15H29N. The number of rotatable bonds is 2. The summed E-state index contributed by atoms with van der Waals surface area (Å²) < 4.78 is 0. The molecule has 94 valence electrons. The van der Waals surface area contributed by atoms with Crippen molar-refractivity contribution in [1.29, 1.82) is 0 Å². The van der Waals surface area contributed by atoms with Crippen LogP contribution < -0.4 is 0 Å². The number of piperidine rings is 1. The van der Waals surface area contributed by atoms with Gasteiger partial charge in [0, 0.05) is 0 Å². The molecule has 1 saturated heterocycles. The predicted molar refractivity (Wildman–Crippen MR) is 70.6 cm³/mol. The van der Waals surface area contributed by atoms with Gasteiger partial charge in [0.15, 0.2) is 0 Å². The predicted octanol–water partition coefficient (Wildman–Crippen LogP) is 3.93. The van der Waals surface area contributed by atoms with E-state index in [0.717, 1.165) is 11.3 Å². The Morgan fingerprint density at radius 2 is 1.69 bits per heavy atom. The number of hydrogen-bond acceptors (Lipinski definition) is 1. The summed E-state index contributed by atoms with van der Waals surface area (Å²) in [6.07, 6.45) is 7.28. The van der Waals surface area contributed by atoms with Crippen molar-refractivity contribution in [3.05, 3.63) is 0 Å². The van der Waals surface area contributed by atoms with Gasteiger partial charge < -0.3 is 4.90 Å². The second-order valence-corrected chi connectivity index (χ2v) is 7.31. The van der Waals surface area contributed by atoms with Crippen LogP contribution in [0, 0.1) is 16.7 Å². The Labute approximate surface area is 102 Å². The fourth-order valence-electron chi connectivity index (χ4n) is 3.57. The number of hydrogen-bond donors (Lipinski definition) is 0. The molecule has 0 N–H and O–H groups in total. The van der Waals surface area contributed by atoms with Gasteiger partial charge in [0.2, 0.25) is 0 Å². The van der Waals surface area contributed by atoms with Crippen molar-refractivity contribution in [1.82, 2.24) is 4.90 Å². The largest absolute Gasteiger partial charge is 0.303 e. The smallest absolute Gasteiger partial charge is 0.00134 e. The Balaban J connectivity index is 1.79. The van der Waals surface area contributed by atoms with Gasteiger partial charge >= 0.3 is 0 Å². The molecule has 0 aromatic heterocycles. The van der Waals surface area contributed by atoms with Gasteiger partial charge in [0.25, 0.3) is 0 Å². The fourth-order valence-corrected chi connectivity index (χ4v) is 3.57. The molecule has 1 saturated carbocycles. The number of nitrogens with zero attached hydrogens (tertiary/aromatic N) is 1. The van der Waals surface area contributed by atoms with Gasteiger partial charge in [-0.15, -0.1) is 0 Å². The Bertz CT molecular complexity index is 222. The SMILES string of the molecule is CCCN1CCC2(CC1)CC(C(C)(C)C)C2. The molecule has 1 aliphatic carbocycles. The highest BCUT2D eigenvalue weighted by molar-refractivity contribution is 5.00. The van der Waals surface area contributed by atoms with Crippen LogP contribution in [0.1, 0.15) is 59.8 Å². The van der Waals surface area contributed by atoms with Gasteiger partial charge in [-0.3, -0.25) is 0 Å². The summed E-state index contributed by atoms with van der Waals surface area (Å²) in [4.78, 5) is 2.66. The van der Waals surface area contributed by atoms with E-state index >= 15 is 0 Å². The molecule has 0 amide bonds. The highest BCUT2D eigenvalue weighted by Crippen LogP contribution is 2.57. The third-order valence-electron chi connectivity index (χ3n) is 5.04. The van der Waals surface area contributed by atoms with E-state index in [-0.39, 0.29) is 0 Å². The van der Waals surface area contributed by atoms with Crippen molar-refractivity contribution in [2.45, 2.75) is 59.8 Å². The zero-order valence-corrected chi connectivity index (χ0v) is 11.7. The second kappa shape index (κ2) is 4.33. The second-order valence-electron chi connectivity index (χ2n) is 7.31. The van der Waals surface area contributed by atoms with Crippen LogP contribution >= 0.6 is 0 Å². The minimum absolute atomic E-state index is 0.547. The topological polar surface area (TPSA) is 3.24 Å². The molecule has 1 heteroatoms. The van der Waals surface area contributed by atoms with Crippen LogP contribution in [0.2, 0.25) is 0 Å². The van der Waals surface area contributed by atoms with Crippen molar-refractivity contribution >= 4 is 0 Å². The summed E-state index contributed by atoms with van der Waals surface area (Å²) in [7, 11) is 0. The molecule has 1 heterocycles. The van der Waals surface area contributed by atoms with Crippen LogP contribution in [0.4, 0.5) is 0 Å². The first-order valence-corrected chi connectivity index (χ1v) is 7.18. The minimum Gasteiger partial charge on any atom is -0.303 e. The normalized spacial score (nSPS) is 27.0. The molecule has 0 aromatic rings. The summed E-state index contributed by atoms with van der Waals surface area (Å²) >= 11 is 0. The average molecular weight is 223 g/mol. The zero-order chi connectivity index (χ0) is 11.8. The molecule has 1 spiro atoms. The molecule has 0 aromatic carbocycles. The Morgan fingerprint density at radius 3 is 2.12 bits per heavy atom. The molecule has 2 fully saturated rings. The summed E-state index contributed by atoms with van der Waals surface area (Å²) in [6, 6.07) is 0. The van der Waals surface area contributed by atoms with Crippen LogP contribution in [0.5, 0.6) is 0 Å². The molecule has 0 radical (unpaired) electrons. The highest BCUT2D eigenvalue weighted by atomic mass is 15.1. The van der Waals surface area contributed by atoms with Crippen molar-refractivity contribution in [2.75, 3.05) is 19.6 Å². The van der Waals surface area contributed by atoms with E-state index in [2.05, 4.69) is 32.6 Å². The Hall–Kier alpha value is -0.0400. The maximum absolute atomic E-state index is 2.66. The van der Waals surface area contributed by atoms with Crippen LogP contribution in [0.3, 0.4) is 0 Å². The Kier molecular flexibility index (Phi) is 3.36. The lowest BCUT2D eigenvalue weighted by atomic mass is 9.52. The van der Waals surface area contributed by atoms with Crippen LogP contribution in [-0.4, -0.2) is 24.5 Å². The molecule has 16 heavy (non-hydrogen) atoms. The lowest BCUT2D eigenvalue weighted by Crippen LogP contribution is -2.50. The van der Waals surface area contributed by atoms with Crippen LogP contribution in [0.15, 0.2) is 0 Å². The number of likely N-dealkylation sites (tertiary alicyclic amines) is 1. The lowest BCUT2D eigenvalue weighted by Gasteiger charge is -2.56. The molecule has 0 unspecified atom stereocenters. The quantitative estimate of drug-likeness (QED) is 0.685. The van der Waals surface area contributed by atoms with Crippen LogP contribution in [0.25, 0.3) is 0 Å². The monoisotopic (exact) mass is 223 g/mol. The lowest BCUT2D eigenvalue weighted by molar-refractivity contribution is -0.0562. The molecule has 2 rings (SSSR count). The van der Waals surface area contributed by atoms with Gasteiger partial charge in [-0.25, -0.2) is 0 Å². The summed E-state index contributed by atoms with van der Waals surface area (Å²) in [6.45, 7) is 13.6. The highest BCUT2D eigenvalue weighted by Gasteiger charge is 2.48. The van der Waals surface area contributed by atoms with E-state index in [0.29, 0.717) is 5.41 Å². The molecule has 1 aliphatic heterocycles. The summed E-state index contributed by atoms with van der Waals surface area (Å²) in [5, 5.41) is 0. The van der Waals surface area contributed by atoms with Gasteiger partial charge in [-0.05, 0) is 68.5 Å². The zero-order valence-electron chi connectivity index (χ0n) is 11.7. The first kappa shape index (κ1) is 12.4. The first-order valence-electron chi connectivity index (χ1n) is 7.18. The van der Waals surface area contributed by atoms with E-state index < -0.39 is 0 Å². The Morgan fingerprint density at radius 1 is 1.12 bits per heavy atom. The molecule has 0 bridgehead atoms. The van der Waals surface area contributed by atoms with Crippen molar-refractivity contribution in [2.24, 2.45) is 16.7 Å². The van der Waals surface area contributed by atoms with Crippen molar-refractivity contribution in [3.8, 4) is 0 Å². The average Bonchev–Trinajstić information content (AvgIpc) is 2.14. The molecule has 1 nitrogen and oxygen atoms in total. The third-order valence-corrected chi connectivity index (χ3v) is 5.04. The van der Waals surface area contributed by atoms with E-state index in [1.807, 2.05) is 0 Å². The van der Waals surface area contributed by atoms with E-state index in [9.17, 15) is 0 Å². The molecular weight excluding hydrogens is 194 g/mol. The van der Waals surface area contributed by atoms with Crippen LogP contribution in [-0.2, 0) is 0 Å². The maximum atomic E-state index is 2.66. The molecule has 2 aliphatic rings. The van der Waals surface area contributed by atoms with Gasteiger partial charge in [-0.1, -0.05) is 27.7 Å². The standard InChI is InChI=1S/C15H29N/c1-5-8-16-9-6-15(7-10-16)11-13(12-15)14(2,3)4/h13H,5-12H2,1-4H3. The van der Waals surface area contributed by atoms with Gasteiger partial charge in [0.1, 0.15) is 0 Å². The van der Waals surface area contributed by atoms with E-state index in [1.54, 1.807) is 0 Å². The van der Waals surface area contributed by atoms with Gasteiger partial charge in [-0.2, -0.15) is 0 Å². The van der Waals surface area contributed by atoms with Gasteiger partial charge in [0.05, 0.1) is 0 Å². The molecule has 0 atom stereocenters. The summed E-state index contributed by atoms with van der Waals surface area (Å²) in [5.41, 5.74) is 1.31. The van der Waals surface area contributed by atoms with Crippen molar-refractivity contribution in [3.63, 3.8) is 0 Å². The first-order chi connectivity index (χ1) is 7.45. The minimum atomic E-state index is 0.547. The third kappa shape index (κ3) is 2.45. The maximum Gasteiger partial charge on any atom is -0.00134 e.